The van der Waals surface area contributed by atoms with Crippen molar-refractivity contribution in [2.45, 2.75) is 26.6 Å². The lowest BCUT2D eigenvalue weighted by molar-refractivity contribution is -0.384. The fourth-order valence-electron chi connectivity index (χ4n) is 3.26. The molecule has 1 unspecified atom stereocenters. The number of H-pyrrole nitrogens is 1. The first-order valence-electron chi connectivity index (χ1n) is 9.80. The Labute approximate surface area is 179 Å². The van der Waals surface area contributed by atoms with Gasteiger partial charge in [-0.05, 0) is 56.5 Å². The maximum absolute atomic E-state index is 13.7. The van der Waals surface area contributed by atoms with Crippen LogP contribution in [0.25, 0.3) is 10.9 Å². The zero-order valence-electron chi connectivity index (χ0n) is 17.5. The Hall–Kier alpha value is -3.00. The summed E-state index contributed by atoms with van der Waals surface area (Å²) in [6.07, 6.45) is 0. The molecule has 0 saturated carbocycles. The minimum atomic E-state index is -3.83. The third-order valence-corrected chi connectivity index (χ3v) is 6.91. The van der Waals surface area contributed by atoms with Gasteiger partial charge >= 0.3 is 7.60 Å². The Morgan fingerprint density at radius 2 is 1.74 bits per heavy atom. The number of rotatable bonds is 9. The number of fused-ring (bicyclic) bond motifs is 1. The number of nitro benzene ring substituents is 1. The van der Waals surface area contributed by atoms with Crippen molar-refractivity contribution in [1.29, 1.82) is 0 Å². The van der Waals surface area contributed by atoms with E-state index in [1.807, 2.05) is 19.1 Å². The van der Waals surface area contributed by atoms with Crippen LogP contribution in [-0.4, -0.2) is 23.1 Å². The van der Waals surface area contributed by atoms with Gasteiger partial charge in [-0.25, -0.2) is 0 Å². The Balaban J connectivity index is 2.14. The molecule has 1 aromatic heterocycles. The molecule has 10 heteroatoms. The van der Waals surface area contributed by atoms with Crippen LogP contribution in [0, 0.1) is 17.0 Å². The SMILES string of the molecule is CCOP(=O)(OCC)C(Nc1ccc([N+](=O)[O-])cc1)c1cc2cc(C)ccc2[nH]c1=O. The minimum Gasteiger partial charge on any atom is -0.368 e. The number of anilines is 1. The van der Waals surface area contributed by atoms with E-state index >= 15 is 0 Å². The van der Waals surface area contributed by atoms with Gasteiger partial charge in [0.05, 0.1) is 23.7 Å². The largest absolute Gasteiger partial charge is 0.368 e. The van der Waals surface area contributed by atoms with Gasteiger partial charge in [-0.1, -0.05) is 11.6 Å². The monoisotopic (exact) mass is 445 g/mol. The molecule has 0 fully saturated rings. The highest BCUT2D eigenvalue weighted by molar-refractivity contribution is 7.54. The molecule has 9 nitrogen and oxygen atoms in total. The van der Waals surface area contributed by atoms with Gasteiger partial charge in [0.25, 0.3) is 11.2 Å². The molecular formula is C21H24N3O6P. The van der Waals surface area contributed by atoms with Crippen molar-refractivity contribution in [2.75, 3.05) is 18.5 Å². The topological polar surface area (TPSA) is 124 Å². The summed E-state index contributed by atoms with van der Waals surface area (Å²) in [6.45, 7) is 5.52. The second-order valence-electron chi connectivity index (χ2n) is 6.87. The van der Waals surface area contributed by atoms with Crippen LogP contribution < -0.4 is 10.9 Å². The number of aryl methyl sites for hydroxylation is 1. The lowest BCUT2D eigenvalue weighted by Crippen LogP contribution is -2.23. The fraction of sp³-hybridized carbons (Fsp3) is 0.286. The van der Waals surface area contributed by atoms with Crippen molar-refractivity contribution in [3.8, 4) is 0 Å². The van der Waals surface area contributed by atoms with Gasteiger partial charge < -0.3 is 19.3 Å². The summed E-state index contributed by atoms with van der Waals surface area (Å²) in [7, 11) is -3.83. The number of nitrogens with zero attached hydrogens (tertiary/aromatic N) is 1. The smallest absolute Gasteiger partial charge is 0.357 e. The van der Waals surface area contributed by atoms with Crippen LogP contribution in [0.4, 0.5) is 11.4 Å². The van der Waals surface area contributed by atoms with Gasteiger partial charge in [-0.3, -0.25) is 19.5 Å². The fourth-order valence-corrected chi connectivity index (χ4v) is 5.19. The van der Waals surface area contributed by atoms with Crippen LogP contribution in [0.5, 0.6) is 0 Å². The molecule has 0 aliphatic rings. The molecular weight excluding hydrogens is 421 g/mol. The molecule has 3 aromatic rings. The molecule has 3 rings (SSSR count). The molecule has 0 amide bonds. The molecule has 0 radical (unpaired) electrons. The summed E-state index contributed by atoms with van der Waals surface area (Å²) in [5.74, 6) is -1.12. The number of benzene rings is 2. The average molecular weight is 445 g/mol. The molecule has 0 saturated heterocycles. The number of aromatic nitrogens is 1. The van der Waals surface area contributed by atoms with Crippen molar-refractivity contribution in [1.82, 2.24) is 4.98 Å². The zero-order chi connectivity index (χ0) is 22.6. The lowest BCUT2D eigenvalue weighted by Gasteiger charge is -2.27. The number of hydrogen-bond acceptors (Lipinski definition) is 7. The lowest BCUT2D eigenvalue weighted by atomic mass is 10.1. The van der Waals surface area contributed by atoms with E-state index in [9.17, 15) is 19.5 Å². The normalized spacial score (nSPS) is 12.6. The van der Waals surface area contributed by atoms with Crippen molar-refractivity contribution in [3.63, 3.8) is 0 Å². The zero-order valence-corrected chi connectivity index (χ0v) is 18.3. The Morgan fingerprint density at radius 1 is 1.10 bits per heavy atom. The van der Waals surface area contributed by atoms with Crippen molar-refractivity contribution in [3.05, 3.63) is 80.1 Å². The molecule has 0 spiro atoms. The maximum Gasteiger partial charge on any atom is 0.357 e. The number of non-ortho nitro benzene ring substituents is 1. The molecule has 0 aliphatic heterocycles. The van der Waals surface area contributed by atoms with Gasteiger partial charge in [-0.15, -0.1) is 0 Å². The second kappa shape index (κ2) is 9.43. The van der Waals surface area contributed by atoms with E-state index in [1.165, 1.54) is 24.3 Å². The molecule has 1 atom stereocenters. The average Bonchev–Trinajstić information content (AvgIpc) is 2.72. The van der Waals surface area contributed by atoms with Gasteiger partial charge in [0.15, 0.2) is 5.78 Å². The van der Waals surface area contributed by atoms with Crippen LogP contribution in [-0.2, 0) is 13.6 Å². The highest BCUT2D eigenvalue weighted by atomic mass is 31.2. The van der Waals surface area contributed by atoms with Crippen molar-refractivity contribution >= 4 is 29.9 Å². The molecule has 0 aliphatic carbocycles. The van der Waals surface area contributed by atoms with Crippen LogP contribution >= 0.6 is 7.60 Å². The van der Waals surface area contributed by atoms with E-state index in [4.69, 9.17) is 9.05 Å². The Bertz CT molecular complexity index is 1180. The molecule has 2 N–H and O–H groups in total. The molecule has 2 aromatic carbocycles. The molecule has 0 bridgehead atoms. The van der Waals surface area contributed by atoms with E-state index in [0.29, 0.717) is 11.2 Å². The highest BCUT2D eigenvalue weighted by Crippen LogP contribution is 2.60. The number of nitro groups is 1. The second-order valence-corrected chi connectivity index (χ2v) is 8.98. The van der Waals surface area contributed by atoms with Gasteiger partial charge in [-0.2, -0.15) is 0 Å². The van der Waals surface area contributed by atoms with Crippen LogP contribution in [0.2, 0.25) is 0 Å². The van der Waals surface area contributed by atoms with E-state index in [2.05, 4.69) is 10.3 Å². The van der Waals surface area contributed by atoms with E-state index in [1.54, 1.807) is 26.0 Å². The van der Waals surface area contributed by atoms with E-state index in [0.717, 1.165) is 10.9 Å². The number of hydrogen-bond donors (Lipinski definition) is 2. The first-order valence-corrected chi connectivity index (χ1v) is 11.4. The summed E-state index contributed by atoms with van der Waals surface area (Å²) < 4.78 is 24.7. The van der Waals surface area contributed by atoms with Crippen LogP contribution in [0.3, 0.4) is 0 Å². The number of nitrogens with one attached hydrogen (secondary N) is 2. The highest BCUT2D eigenvalue weighted by Gasteiger charge is 2.39. The predicted octanol–water partition coefficient (Wildman–Crippen LogP) is 5.12. The molecule has 31 heavy (non-hydrogen) atoms. The van der Waals surface area contributed by atoms with Crippen molar-refractivity contribution < 1.29 is 18.5 Å². The van der Waals surface area contributed by atoms with Crippen LogP contribution in [0.1, 0.15) is 30.8 Å². The minimum absolute atomic E-state index is 0.0843. The number of aromatic amines is 1. The molecule has 164 valence electrons. The Morgan fingerprint density at radius 3 is 2.32 bits per heavy atom. The number of pyridine rings is 1. The first kappa shape index (κ1) is 22.7. The summed E-state index contributed by atoms with van der Waals surface area (Å²) in [5, 5.41) is 14.7. The van der Waals surface area contributed by atoms with Crippen molar-refractivity contribution in [2.24, 2.45) is 0 Å². The van der Waals surface area contributed by atoms with E-state index in [-0.39, 0.29) is 24.5 Å². The quantitative estimate of drug-likeness (QED) is 0.266. The molecule has 1 heterocycles. The third kappa shape index (κ3) is 5.02. The summed E-state index contributed by atoms with van der Waals surface area (Å²) >= 11 is 0. The summed E-state index contributed by atoms with van der Waals surface area (Å²) in [4.78, 5) is 26.2. The first-order chi connectivity index (χ1) is 14.8. The van der Waals surface area contributed by atoms with Gasteiger partial charge in [0.2, 0.25) is 0 Å². The predicted molar refractivity (Wildman–Crippen MR) is 120 cm³/mol. The maximum atomic E-state index is 13.7. The summed E-state index contributed by atoms with van der Waals surface area (Å²) in [6, 6.07) is 12.9. The van der Waals surface area contributed by atoms with Crippen LogP contribution in [0.15, 0.2) is 53.3 Å². The Kier molecular flexibility index (Phi) is 6.90. The standard InChI is InChI=1S/C21H24N3O6P/c1-4-29-31(28,30-5-2)21(22-16-7-9-17(10-8-16)24(26)27)18-13-15-12-14(3)6-11-19(15)23-20(18)25/h6-13,21-22H,4-5H2,1-3H3,(H,23,25). The third-order valence-electron chi connectivity index (χ3n) is 4.64. The van der Waals surface area contributed by atoms with E-state index < -0.39 is 23.9 Å². The summed E-state index contributed by atoms with van der Waals surface area (Å²) in [5.41, 5.74) is 1.74. The van der Waals surface area contributed by atoms with Gasteiger partial charge in [0.1, 0.15) is 0 Å². The van der Waals surface area contributed by atoms with Gasteiger partial charge in [0, 0.05) is 23.3 Å².